The van der Waals surface area contributed by atoms with Gasteiger partial charge in [0.1, 0.15) is 11.5 Å². The summed E-state index contributed by atoms with van der Waals surface area (Å²) >= 11 is 0. The summed E-state index contributed by atoms with van der Waals surface area (Å²) in [5, 5.41) is 1.29. The average molecular weight is 350 g/mol. The van der Waals surface area contributed by atoms with Crippen molar-refractivity contribution in [2.45, 2.75) is 25.8 Å². The quantitative estimate of drug-likeness (QED) is 0.708. The Morgan fingerprint density at radius 2 is 1.92 bits per heavy atom. The maximum absolute atomic E-state index is 5.53. The first-order chi connectivity index (χ1) is 12.8. The molecule has 1 aromatic heterocycles. The second kappa shape index (κ2) is 7.42. The van der Waals surface area contributed by atoms with Crippen LogP contribution < -0.4 is 9.47 Å². The van der Waals surface area contributed by atoms with E-state index in [-0.39, 0.29) is 0 Å². The summed E-state index contributed by atoms with van der Waals surface area (Å²) in [6, 6.07) is 14.7. The molecule has 1 aliphatic rings. The van der Waals surface area contributed by atoms with Crippen molar-refractivity contribution in [2.75, 3.05) is 26.8 Å². The molecule has 1 atom stereocenters. The molecule has 1 saturated heterocycles. The number of hydrogen-bond acceptors (Lipinski definition) is 3. The van der Waals surface area contributed by atoms with Crippen LogP contribution in [0.2, 0.25) is 0 Å². The molecular weight excluding hydrogens is 324 g/mol. The molecule has 0 saturated carbocycles. The third kappa shape index (κ3) is 3.42. The lowest BCUT2D eigenvalue weighted by molar-refractivity contribution is 0.325. The van der Waals surface area contributed by atoms with Gasteiger partial charge in [0, 0.05) is 30.2 Å². The van der Waals surface area contributed by atoms with Crippen LogP contribution >= 0.6 is 0 Å². The van der Waals surface area contributed by atoms with E-state index in [0.29, 0.717) is 12.5 Å². The maximum atomic E-state index is 5.53. The summed E-state index contributed by atoms with van der Waals surface area (Å²) in [5.74, 6) is 2.43. The molecule has 4 rings (SSSR count). The molecule has 0 unspecified atom stereocenters. The molecule has 0 amide bonds. The topological polar surface area (TPSA) is 37.5 Å². The lowest BCUT2D eigenvalue weighted by Crippen LogP contribution is -2.19. The number of benzene rings is 2. The number of fused-ring (bicyclic) bond motifs is 1. The molecule has 1 N–H and O–H groups in total. The molecule has 2 aromatic carbocycles. The Hall–Kier alpha value is -2.46. The molecule has 4 heteroatoms. The molecule has 3 aromatic rings. The van der Waals surface area contributed by atoms with Gasteiger partial charge in [-0.25, -0.2) is 0 Å². The van der Waals surface area contributed by atoms with Gasteiger partial charge in [-0.1, -0.05) is 12.1 Å². The number of methoxy groups -OCH3 is 1. The molecule has 2 heterocycles. The maximum Gasteiger partial charge on any atom is 0.119 e. The van der Waals surface area contributed by atoms with Crippen LogP contribution in [0.4, 0.5) is 0 Å². The van der Waals surface area contributed by atoms with E-state index in [0.717, 1.165) is 31.1 Å². The largest absolute Gasteiger partial charge is 0.497 e. The van der Waals surface area contributed by atoms with Crippen LogP contribution in [0.1, 0.15) is 30.4 Å². The van der Waals surface area contributed by atoms with Gasteiger partial charge < -0.3 is 14.5 Å². The van der Waals surface area contributed by atoms with Gasteiger partial charge in [-0.05, 0) is 67.3 Å². The molecule has 1 aliphatic heterocycles. The van der Waals surface area contributed by atoms with Crippen LogP contribution in [0.15, 0.2) is 48.7 Å². The number of H-pyrrole nitrogens is 1. The fourth-order valence-corrected chi connectivity index (χ4v) is 3.93. The lowest BCUT2D eigenvalue weighted by Gasteiger charge is -2.16. The molecule has 0 bridgehead atoms. The van der Waals surface area contributed by atoms with E-state index in [4.69, 9.17) is 9.47 Å². The Labute approximate surface area is 154 Å². The number of likely N-dealkylation sites (tertiary alicyclic amines) is 1. The third-order valence-corrected chi connectivity index (χ3v) is 5.27. The van der Waals surface area contributed by atoms with E-state index in [1.165, 1.54) is 28.5 Å². The molecule has 26 heavy (non-hydrogen) atoms. The zero-order valence-electron chi connectivity index (χ0n) is 15.5. The average Bonchev–Trinajstić information content (AvgIpc) is 3.29. The van der Waals surface area contributed by atoms with Crippen LogP contribution in [0.3, 0.4) is 0 Å². The first-order valence-electron chi connectivity index (χ1n) is 9.36. The number of nitrogens with zero attached hydrogens (tertiary/aromatic N) is 1. The molecule has 0 spiro atoms. The third-order valence-electron chi connectivity index (χ3n) is 5.27. The molecule has 0 radical (unpaired) electrons. The predicted molar refractivity (Wildman–Crippen MR) is 105 cm³/mol. The zero-order chi connectivity index (χ0) is 17.9. The van der Waals surface area contributed by atoms with Crippen LogP contribution in [0.5, 0.6) is 11.5 Å². The summed E-state index contributed by atoms with van der Waals surface area (Å²) in [5.41, 5.74) is 3.94. The first-order valence-corrected chi connectivity index (χ1v) is 9.36. The van der Waals surface area contributed by atoms with Crippen molar-refractivity contribution in [3.05, 3.63) is 59.8 Å². The van der Waals surface area contributed by atoms with Crippen molar-refractivity contribution in [1.29, 1.82) is 0 Å². The Morgan fingerprint density at radius 1 is 1.12 bits per heavy atom. The molecule has 4 nitrogen and oxygen atoms in total. The molecule has 0 aliphatic carbocycles. The summed E-state index contributed by atoms with van der Waals surface area (Å²) in [4.78, 5) is 5.95. The van der Waals surface area contributed by atoms with Crippen molar-refractivity contribution >= 4 is 10.9 Å². The fraction of sp³-hybridized carbons (Fsp3) is 0.364. The SMILES string of the molecule is CCOc1ccc(CN2CC[C@H](c3c[nH]c4ccc(OC)cc34)C2)cc1. The van der Waals surface area contributed by atoms with Crippen molar-refractivity contribution in [3.8, 4) is 11.5 Å². The summed E-state index contributed by atoms with van der Waals surface area (Å²) in [7, 11) is 1.72. The van der Waals surface area contributed by atoms with Crippen LogP contribution in [0, 0.1) is 0 Å². The number of aromatic nitrogens is 1. The minimum Gasteiger partial charge on any atom is -0.497 e. The minimum absolute atomic E-state index is 0.568. The van der Waals surface area contributed by atoms with Gasteiger partial charge in [-0.2, -0.15) is 0 Å². The number of rotatable bonds is 6. The fourth-order valence-electron chi connectivity index (χ4n) is 3.93. The highest BCUT2D eigenvalue weighted by molar-refractivity contribution is 5.85. The second-order valence-electron chi connectivity index (χ2n) is 6.95. The summed E-state index contributed by atoms with van der Waals surface area (Å²) < 4.78 is 10.9. The Balaban J connectivity index is 1.45. The molecule has 1 fully saturated rings. The van der Waals surface area contributed by atoms with Crippen LogP contribution in [-0.4, -0.2) is 36.7 Å². The predicted octanol–water partition coefficient (Wildman–Crippen LogP) is 4.56. The van der Waals surface area contributed by atoms with Crippen LogP contribution in [-0.2, 0) is 6.54 Å². The first kappa shape index (κ1) is 17.0. The number of ether oxygens (including phenoxy) is 2. The zero-order valence-corrected chi connectivity index (χ0v) is 15.5. The smallest absolute Gasteiger partial charge is 0.119 e. The number of hydrogen-bond donors (Lipinski definition) is 1. The monoisotopic (exact) mass is 350 g/mol. The van der Waals surface area contributed by atoms with E-state index in [1.807, 2.05) is 13.0 Å². The second-order valence-corrected chi connectivity index (χ2v) is 6.95. The number of nitrogens with one attached hydrogen (secondary N) is 1. The number of aromatic amines is 1. The Morgan fingerprint density at radius 3 is 2.69 bits per heavy atom. The van der Waals surface area contributed by atoms with Gasteiger partial charge in [0.15, 0.2) is 0 Å². The van der Waals surface area contributed by atoms with E-state index in [9.17, 15) is 0 Å². The molecule has 136 valence electrons. The van der Waals surface area contributed by atoms with Gasteiger partial charge >= 0.3 is 0 Å². The van der Waals surface area contributed by atoms with E-state index < -0.39 is 0 Å². The van der Waals surface area contributed by atoms with Gasteiger partial charge in [-0.15, -0.1) is 0 Å². The van der Waals surface area contributed by atoms with E-state index in [2.05, 4.69) is 52.5 Å². The highest BCUT2D eigenvalue weighted by atomic mass is 16.5. The Kier molecular flexibility index (Phi) is 4.85. The van der Waals surface area contributed by atoms with E-state index >= 15 is 0 Å². The van der Waals surface area contributed by atoms with E-state index in [1.54, 1.807) is 7.11 Å². The van der Waals surface area contributed by atoms with Crippen LogP contribution in [0.25, 0.3) is 10.9 Å². The standard InChI is InChI=1S/C22H26N2O2/c1-3-26-18-6-4-16(5-7-18)14-24-11-10-17(15-24)21-13-23-22-9-8-19(25-2)12-20(21)22/h4-9,12-13,17,23H,3,10-11,14-15H2,1-2H3/t17-/m0/s1. The highest BCUT2D eigenvalue weighted by Crippen LogP contribution is 2.34. The van der Waals surface area contributed by atoms with Crippen molar-refractivity contribution < 1.29 is 9.47 Å². The normalized spacial score (nSPS) is 17.7. The van der Waals surface area contributed by atoms with Crippen molar-refractivity contribution in [2.24, 2.45) is 0 Å². The van der Waals surface area contributed by atoms with Gasteiger partial charge in [0.05, 0.1) is 13.7 Å². The van der Waals surface area contributed by atoms with Gasteiger partial charge in [0.2, 0.25) is 0 Å². The highest BCUT2D eigenvalue weighted by Gasteiger charge is 2.26. The summed E-state index contributed by atoms with van der Waals surface area (Å²) in [6.45, 7) is 5.95. The molecular formula is C22H26N2O2. The summed E-state index contributed by atoms with van der Waals surface area (Å²) in [6.07, 6.45) is 3.37. The Bertz CT molecular complexity index is 869. The van der Waals surface area contributed by atoms with Crippen molar-refractivity contribution in [1.82, 2.24) is 9.88 Å². The van der Waals surface area contributed by atoms with Crippen molar-refractivity contribution in [3.63, 3.8) is 0 Å². The lowest BCUT2D eigenvalue weighted by atomic mass is 9.98. The van der Waals surface area contributed by atoms with Gasteiger partial charge in [-0.3, -0.25) is 4.90 Å². The van der Waals surface area contributed by atoms with Gasteiger partial charge in [0.25, 0.3) is 0 Å². The minimum atomic E-state index is 0.568.